The quantitative estimate of drug-likeness (QED) is 0.557. The molecule has 10 heteroatoms. The van der Waals surface area contributed by atoms with Crippen LogP contribution in [0.15, 0.2) is 35.5 Å². The summed E-state index contributed by atoms with van der Waals surface area (Å²) in [5.41, 5.74) is 1.52. The average Bonchev–Trinajstić information content (AvgIpc) is 2.83. The standard InChI is InChI=1S/C26H39N5O5/c1-7-31-20(17-29-13-15-30(16-14-29)25(34)28-26(3,4)5)21(23(32)36-8-2)22(27-24(31)33)18-9-11-19(35-6)12-10-18/h9-12,22H,7-8,13-17H2,1-6H3,(H,27,33)(H,28,34). The van der Waals surface area contributed by atoms with Gasteiger partial charge in [0.2, 0.25) is 0 Å². The van der Waals surface area contributed by atoms with Crippen LogP contribution in [0, 0.1) is 0 Å². The smallest absolute Gasteiger partial charge is 0.338 e. The van der Waals surface area contributed by atoms with Crippen LogP contribution in [0.1, 0.15) is 46.2 Å². The molecule has 0 radical (unpaired) electrons. The van der Waals surface area contributed by atoms with Crippen molar-refractivity contribution in [3.8, 4) is 5.75 Å². The van der Waals surface area contributed by atoms with Crippen molar-refractivity contribution in [3.05, 3.63) is 41.1 Å². The third kappa shape index (κ3) is 6.48. The van der Waals surface area contributed by atoms with E-state index >= 15 is 0 Å². The highest BCUT2D eigenvalue weighted by Gasteiger charge is 2.38. The summed E-state index contributed by atoms with van der Waals surface area (Å²) in [7, 11) is 1.59. The molecule has 2 heterocycles. The first-order valence-corrected chi connectivity index (χ1v) is 12.5. The van der Waals surface area contributed by atoms with Crippen molar-refractivity contribution in [3.63, 3.8) is 0 Å². The van der Waals surface area contributed by atoms with E-state index in [1.807, 2.05) is 39.8 Å². The Bertz CT molecular complexity index is 977. The Kier molecular flexibility index (Phi) is 8.84. The number of piperazine rings is 1. The molecule has 1 saturated heterocycles. The van der Waals surface area contributed by atoms with Gasteiger partial charge in [0.15, 0.2) is 0 Å². The number of hydrogen-bond acceptors (Lipinski definition) is 6. The predicted octanol–water partition coefficient (Wildman–Crippen LogP) is 2.72. The molecule has 198 valence electrons. The largest absolute Gasteiger partial charge is 0.497 e. The van der Waals surface area contributed by atoms with Gasteiger partial charge in [0.25, 0.3) is 0 Å². The molecule has 0 saturated carbocycles. The van der Waals surface area contributed by atoms with Crippen LogP contribution >= 0.6 is 0 Å². The monoisotopic (exact) mass is 501 g/mol. The summed E-state index contributed by atoms with van der Waals surface area (Å²) in [6.07, 6.45) is 0. The fraction of sp³-hybridized carbons (Fsp3) is 0.577. The number of ether oxygens (including phenoxy) is 2. The Labute approximate surface area is 213 Å². The van der Waals surface area contributed by atoms with Crippen molar-refractivity contribution >= 4 is 18.0 Å². The Hall–Kier alpha value is -3.27. The van der Waals surface area contributed by atoms with Crippen LogP contribution in [0.2, 0.25) is 0 Å². The number of rotatable bonds is 7. The Morgan fingerprint density at radius 3 is 2.25 bits per heavy atom. The second-order valence-corrected chi connectivity index (χ2v) is 9.92. The van der Waals surface area contributed by atoms with Gasteiger partial charge in [-0.15, -0.1) is 0 Å². The molecule has 0 bridgehead atoms. The van der Waals surface area contributed by atoms with E-state index in [9.17, 15) is 14.4 Å². The number of hydrogen-bond donors (Lipinski definition) is 2. The number of benzene rings is 1. The van der Waals surface area contributed by atoms with Gasteiger partial charge < -0.3 is 25.0 Å². The molecule has 1 aromatic carbocycles. The van der Waals surface area contributed by atoms with Crippen LogP contribution in [0.5, 0.6) is 5.75 Å². The van der Waals surface area contributed by atoms with E-state index in [2.05, 4.69) is 15.5 Å². The second kappa shape index (κ2) is 11.6. The molecule has 36 heavy (non-hydrogen) atoms. The van der Waals surface area contributed by atoms with Crippen molar-refractivity contribution in [2.24, 2.45) is 0 Å². The molecule has 2 N–H and O–H groups in total. The minimum atomic E-state index is -0.640. The van der Waals surface area contributed by atoms with Crippen LogP contribution in [0.3, 0.4) is 0 Å². The van der Waals surface area contributed by atoms with E-state index in [0.717, 1.165) is 5.56 Å². The number of carbonyl (C=O) groups is 3. The molecule has 4 amide bonds. The first kappa shape index (κ1) is 27.3. The summed E-state index contributed by atoms with van der Waals surface area (Å²) in [5, 5.41) is 5.98. The molecule has 1 aromatic rings. The first-order chi connectivity index (χ1) is 17.1. The van der Waals surface area contributed by atoms with Gasteiger partial charge in [-0.05, 0) is 52.3 Å². The average molecular weight is 502 g/mol. The van der Waals surface area contributed by atoms with Crippen LogP contribution in [0.25, 0.3) is 0 Å². The lowest BCUT2D eigenvalue weighted by Crippen LogP contribution is -2.56. The molecule has 0 aliphatic carbocycles. The molecule has 1 unspecified atom stereocenters. The number of likely N-dealkylation sites (N-methyl/N-ethyl adjacent to an activating group) is 1. The topological polar surface area (TPSA) is 103 Å². The Morgan fingerprint density at radius 2 is 1.72 bits per heavy atom. The van der Waals surface area contributed by atoms with Crippen LogP contribution in [-0.4, -0.2) is 91.3 Å². The van der Waals surface area contributed by atoms with Crippen LogP contribution in [0.4, 0.5) is 9.59 Å². The number of urea groups is 2. The maximum Gasteiger partial charge on any atom is 0.338 e. The third-order valence-corrected chi connectivity index (χ3v) is 6.21. The highest BCUT2D eigenvalue weighted by molar-refractivity contribution is 5.95. The summed E-state index contributed by atoms with van der Waals surface area (Å²) in [5.74, 6) is 0.237. The normalized spacial score (nSPS) is 19.2. The molecular weight excluding hydrogens is 462 g/mol. The summed E-state index contributed by atoms with van der Waals surface area (Å²) in [6.45, 7) is 12.9. The Morgan fingerprint density at radius 1 is 1.08 bits per heavy atom. The zero-order chi connectivity index (χ0) is 26.5. The lowest BCUT2D eigenvalue weighted by molar-refractivity contribution is -0.139. The summed E-state index contributed by atoms with van der Waals surface area (Å²) >= 11 is 0. The van der Waals surface area contributed by atoms with E-state index in [-0.39, 0.29) is 24.2 Å². The van der Waals surface area contributed by atoms with E-state index < -0.39 is 12.0 Å². The minimum absolute atomic E-state index is 0.0830. The molecule has 1 fully saturated rings. The molecule has 2 aliphatic rings. The third-order valence-electron chi connectivity index (χ3n) is 6.21. The lowest BCUT2D eigenvalue weighted by Gasteiger charge is -2.40. The molecule has 0 aromatic heterocycles. The van der Waals surface area contributed by atoms with Crippen molar-refractivity contribution in [1.82, 2.24) is 25.3 Å². The number of amides is 4. The van der Waals surface area contributed by atoms with Gasteiger partial charge >= 0.3 is 18.0 Å². The number of nitrogens with one attached hydrogen (secondary N) is 2. The van der Waals surface area contributed by atoms with E-state index in [1.165, 1.54) is 0 Å². The molecule has 3 rings (SSSR count). The van der Waals surface area contributed by atoms with Gasteiger partial charge in [0, 0.05) is 50.5 Å². The van der Waals surface area contributed by atoms with Crippen LogP contribution in [-0.2, 0) is 9.53 Å². The highest BCUT2D eigenvalue weighted by Crippen LogP contribution is 2.33. The number of methoxy groups -OCH3 is 1. The minimum Gasteiger partial charge on any atom is -0.497 e. The van der Waals surface area contributed by atoms with Gasteiger partial charge in [0.05, 0.1) is 25.3 Å². The van der Waals surface area contributed by atoms with Crippen molar-refractivity contribution in [2.75, 3.05) is 53.0 Å². The Balaban J connectivity index is 1.89. The van der Waals surface area contributed by atoms with Crippen molar-refractivity contribution in [1.29, 1.82) is 0 Å². The van der Waals surface area contributed by atoms with E-state index in [0.29, 0.717) is 56.3 Å². The van der Waals surface area contributed by atoms with E-state index in [4.69, 9.17) is 9.47 Å². The maximum atomic E-state index is 13.2. The first-order valence-electron chi connectivity index (χ1n) is 12.5. The van der Waals surface area contributed by atoms with E-state index in [1.54, 1.807) is 36.0 Å². The zero-order valence-corrected chi connectivity index (χ0v) is 22.2. The number of carbonyl (C=O) groups excluding carboxylic acids is 3. The zero-order valence-electron chi connectivity index (χ0n) is 22.2. The van der Waals surface area contributed by atoms with Gasteiger partial charge in [-0.2, -0.15) is 0 Å². The second-order valence-electron chi connectivity index (χ2n) is 9.92. The predicted molar refractivity (Wildman–Crippen MR) is 137 cm³/mol. The molecule has 2 aliphatic heterocycles. The molecule has 1 atom stereocenters. The highest BCUT2D eigenvalue weighted by atomic mass is 16.5. The van der Waals surface area contributed by atoms with Gasteiger partial charge in [-0.3, -0.25) is 9.80 Å². The summed E-state index contributed by atoms with van der Waals surface area (Å²) < 4.78 is 10.7. The maximum absolute atomic E-state index is 13.2. The molecule has 0 spiro atoms. The number of nitrogens with zero attached hydrogens (tertiary/aromatic N) is 3. The van der Waals surface area contributed by atoms with Crippen molar-refractivity contribution in [2.45, 2.75) is 46.2 Å². The summed E-state index contributed by atoms with van der Waals surface area (Å²) in [4.78, 5) is 44.5. The lowest BCUT2D eigenvalue weighted by atomic mass is 9.94. The van der Waals surface area contributed by atoms with Crippen molar-refractivity contribution < 1.29 is 23.9 Å². The van der Waals surface area contributed by atoms with Crippen LogP contribution < -0.4 is 15.4 Å². The summed E-state index contributed by atoms with van der Waals surface area (Å²) in [6, 6.07) is 6.31. The van der Waals surface area contributed by atoms with Gasteiger partial charge in [0.1, 0.15) is 5.75 Å². The fourth-order valence-electron chi connectivity index (χ4n) is 4.42. The van der Waals surface area contributed by atoms with Gasteiger partial charge in [-0.1, -0.05) is 12.1 Å². The fourth-order valence-corrected chi connectivity index (χ4v) is 4.42. The number of esters is 1. The van der Waals surface area contributed by atoms with Gasteiger partial charge in [-0.25, -0.2) is 14.4 Å². The SMILES string of the molecule is CCOC(=O)C1=C(CN2CCN(C(=O)NC(C)(C)C)CC2)N(CC)C(=O)NC1c1ccc(OC)cc1. The molecule has 10 nitrogen and oxygen atoms in total. The molecular formula is C26H39N5O5.